The minimum Gasteiger partial charge on any atom is -0.508 e. The molecule has 1 unspecified atom stereocenters. The number of fused-ring (bicyclic) bond motifs is 3. The second-order valence-corrected chi connectivity index (χ2v) is 19.8. The Bertz CT molecular complexity index is 3050. The summed E-state index contributed by atoms with van der Waals surface area (Å²) in [6.07, 6.45) is 1.03. The van der Waals surface area contributed by atoms with Crippen molar-refractivity contribution in [3.63, 3.8) is 0 Å². The summed E-state index contributed by atoms with van der Waals surface area (Å²) in [6, 6.07) is 19.5. The fraction of sp³-hybridized carbons (Fsp3) is 0.333. The van der Waals surface area contributed by atoms with Crippen LogP contribution in [0.1, 0.15) is 30.9 Å². The highest BCUT2D eigenvalue weighted by atomic mass is 33.1. The summed E-state index contributed by atoms with van der Waals surface area (Å²) in [4.78, 5) is 58.5. The molecule has 21 nitrogen and oxygen atoms in total. The number of amides is 4. The number of pyridine rings is 1. The molecule has 0 radical (unpaired) electrons. The zero-order valence-corrected chi connectivity index (χ0v) is 40.5. The number of nitrogens with one attached hydrogen (secondary N) is 2. The summed E-state index contributed by atoms with van der Waals surface area (Å²) >= 11 is 0. The quantitative estimate of drug-likeness (QED) is 0.0507. The van der Waals surface area contributed by atoms with Crippen LogP contribution >= 0.6 is 21.6 Å². The normalized spacial score (nSPS) is 14.8. The van der Waals surface area contributed by atoms with Crippen LogP contribution < -0.4 is 26.0 Å². The number of phenols is 2. The second kappa shape index (κ2) is 21.7. The molecule has 0 bridgehead atoms. The van der Waals surface area contributed by atoms with Crippen LogP contribution in [0.5, 0.6) is 23.3 Å². The smallest absolute Gasteiger partial charge is 0.412 e. The standard InChI is InChI=1S/C48H52N12O9S2/c1-28(2)34-24-35(38(62)25-37(34)61)43-55-56-47(65)60(43)31-10-8-29(9-11-31)26-57-14-16-59(17-15-57)46(64)52-36(41(49)63)27-71-70-22-13-51-48(66)68-32-6-3-5-30(23-32)42-53-39-33-7-4-12-50-45(33)69-40(39)44(54-42)58-18-20-67-21-19-58/h3-12,23-25,28,36,61-62H,13-22,26-27H2,1-2H3,(H2,49,63)(H,51,66)(H,52,64)(H,56,65). The molecular formula is C48H52N12O9S2. The van der Waals surface area contributed by atoms with Gasteiger partial charge in [0.05, 0.1) is 29.9 Å². The van der Waals surface area contributed by atoms with Crippen molar-refractivity contribution in [3.05, 3.63) is 90.1 Å². The number of primary amides is 1. The fourth-order valence-electron chi connectivity index (χ4n) is 8.27. The molecule has 2 aliphatic heterocycles. The lowest BCUT2D eigenvalue weighted by Crippen LogP contribution is -2.55. The number of hydrogen-bond acceptors (Lipinski definition) is 18. The predicted octanol–water partition coefficient (Wildman–Crippen LogP) is 5.61. The summed E-state index contributed by atoms with van der Waals surface area (Å²) < 4.78 is 18.7. The number of hydrogen-bond donors (Lipinski definition) is 6. The van der Waals surface area contributed by atoms with Gasteiger partial charge in [-0.2, -0.15) is 0 Å². The SMILES string of the molecule is CC(C)c1cc(-c2nnc(O)n2-c2ccc(CN3CCN(C(=O)NC(CSSCCNC(=O)Oc4cccc(-c5nc(N6CCOCC6)c6oc7ncccc7c6n5)c4)C(N)=O)CC3)cc2)c(O)cc1O. The molecule has 9 rings (SSSR count). The molecule has 71 heavy (non-hydrogen) atoms. The minimum absolute atomic E-state index is 0.0251. The highest BCUT2D eigenvalue weighted by Crippen LogP contribution is 2.39. The maximum Gasteiger partial charge on any atom is 0.412 e. The van der Waals surface area contributed by atoms with E-state index in [1.165, 1.54) is 32.2 Å². The van der Waals surface area contributed by atoms with Crippen molar-refractivity contribution in [3.8, 4) is 51.7 Å². The van der Waals surface area contributed by atoms with Gasteiger partial charge in [0.2, 0.25) is 11.6 Å². The van der Waals surface area contributed by atoms with Crippen molar-refractivity contribution in [2.75, 3.05) is 75.4 Å². The first-order valence-electron chi connectivity index (χ1n) is 23.0. The number of morpholine rings is 1. The number of carbonyl (C=O) groups is 3. The van der Waals surface area contributed by atoms with E-state index < -0.39 is 18.0 Å². The Kier molecular flexibility index (Phi) is 14.9. The maximum atomic E-state index is 13.2. The third-order valence-corrected chi connectivity index (χ3v) is 14.4. The first-order valence-corrected chi connectivity index (χ1v) is 25.4. The Morgan fingerprint density at radius 1 is 0.887 bits per heavy atom. The van der Waals surface area contributed by atoms with E-state index in [-0.39, 0.29) is 47.6 Å². The molecular weight excluding hydrogens is 953 g/mol. The highest BCUT2D eigenvalue weighted by Gasteiger charge is 2.27. The van der Waals surface area contributed by atoms with Gasteiger partial charge < -0.3 is 55.4 Å². The second-order valence-electron chi connectivity index (χ2n) is 17.1. The Labute approximate surface area is 415 Å². The van der Waals surface area contributed by atoms with Crippen LogP contribution in [0.25, 0.3) is 50.7 Å². The lowest BCUT2D eigenvalue weighted by molar-refractivity contribution is -0.119. The van der Waals surface area contributed by atoms with Gasteiger partial charge in [-0.15, -0.1) is 5.10 Å². The van der Waals surface area contributed by atoms with Gasteiger partial charge >= 0.3 is 18.1 Å². The van der Waals surface area contributed by atoms with E-state index in [0.29, 0.717) is 121 Å². The van der Waals surface area contributed by atoms with Gasteiger partial charge in [0.25, 0.3) is 0 Å². The number of rotatable bonds is 16. The summed E-state index contributed by atoms with van der Waals surface area (Å²) in [5.41, 5.74) is 10.5. The zero-order chi connectivity index (χ0) is 49.6. The fourth-order valence-corrected chi connectivity index (χ4v) is 10.4. The summed E-state index contributed by atoms with van der Waals surface area (Å²) in [5.74, 6) is 1.43. The van der Waals surface area contributed by atoms with Gasteiger partial charge in [-0.1, -0.05) is 64.8 Å². The van der Waals surface area contributed by atoms with E-state index in [1.54, 1.807) is 35.4 Å². The third kappa shape index (κ3) is 11.2. The van der Waals surface area contributed by atoms with Crippen molar-refractivity contribution >= 4 is 67.6 Å². The molecule has 0 aliphatic carbocycles. The van der Waals surface area contributed by atoms with Crippen LogP contribution in [0.2, 0.25) is 0 Å². The van der Waals surface area contributed by atoms with E-state index in [0.717, 1.165) is 10.9 Å². The average Bonchev–Trinajstić information content (AvgIpc) is 3.95. The number of nitrogens with two attached hydrogens (primary N) is 1. The highest BCUT2D eigenvalue weighted by molar-refractivity contribution is 8.76. The molecule has 0 saturated carbocycles. The number of urea groups is 1. The van der Waals surface area contributed by atoms with Gasteiger partial charge in [-0.25, -0.2) is 29.1 Å². The number of furan rings is 1. The van der Waals surface area contributed by atoms with Crippen LogP contribution in [-0.4, -0.2) is 149 Å². The maximum absolute atomic E-state index is 13.2. The molecule has 2 aliphatic rings. The molecule has 23 heteroatoms. The molecule has 4 amide bonds. The van der Waals surface area contributed by atoms with Gasteiger partial charge in [0.15, 0.2) is 23.0 Å². The molecule has 7 N–H and O–H groups in total. The average molecular weight is 1010 g/mol. The molecule has 4 aromatic heterocycles. The molecule has 2 fully saturated rings. The Hall–Kier alpha value is -7.34. The number of aromatic nitrogens is 6. The molecule has 7 aromatic rings. The molecule has 1 atom stereocenters. The van der Waals surface area contributed by atoms with E-state index >= 15 is 0 Å². The first kappa shape index (κ1) is 48.7. The van der Waals surface area contributed by atoms with Gasteiger partial charge in [-0.05, 0) is 59.5 Å². The molecule has 6 heterocycles. The number of nitrogens with zero attached hydrogens (tertiary/aromatic N) is 9. The topological polar surface area (TPSA) is 273 Å². The van der Waals surface area contributed by atoms with Crippen molar-refractivity contribution in [1.29, 1.82) is 0 Å². The first-order chi connectivity index (χ1) is 34.4. The van der Waals surface area contributed by atoms with E-state index in [2.05, 4.69) is 35.6 Å². The minimum atomic E-state index is -0.902. The summed E-state index contributed by atoms with van der Waals surface area (Å²) in [7, 11) is 2.77. The van der Waals surface area contributed by atoms with Crippen molar-refractivity contribution in [2.24, 2.45) is 5.73 Å². The number of phenolic OH excluding ortho intramolecular Hbond substituents is 2. The molecule has 370 valence electrons. The Balaban J connectivity index is 0.708. The lowest BCUT2D eigenvalue weighted by Gasteiger charge is -2.35. The predicted molar refractivity (Wildman–Crippen MR) is 269 cm³/mol. The largest absolute Gasteiger partial charge is 0.508 e. The number of carbonyl (C=O) groups excluding carboxylic acids is 3. The van der Waals surface area contributed by atoms with E-state index in [4.69, 9.17) is 29.6 Å². The van der Waals surface area contributed by atoms with Gasteiger partial charge in [-0.3, -0.25) is 9.69 Å². The molecule has 0 spiro atoms. The Morgan fingerprint density at radius 3 is 2.44 bits per heavy atom. The third-order valence-electron chi connectivity index (χ3n) is 12.0. The van der Waals surface area contributed by atoms with E-state index in [1.807, 2.05) is 56.3 Å². The number of anilines is 1. The van der Waals surface area contributed by atoms with Gasteiger partial charge in [0, 0.05) is 81.7 Å². The number of benzene rings is 3. The van der Waals surface area contributed by atoms with Crippen LogP contribution in [0.15, 0.2) is 83.4 Å². The van der Waals surface area contributed by atoms with Crippen LogP contribution in [0, 0.1) is 0 Å². The van der Waals surface area contributed by atoms with Crippen molar-refractivity contribution in [1.82, 2.24) is 50.1 Å². The van der Waals surface area contributed by atoms with Gasteiger partial charge in [0.1, 0.15) is 28.8 Å². The summed E-state index contributed by atoms with van der Waals surface area (Å²) in [6.45, 7) is 9.21. The monoisotopic (exact) mass is 1000 g/mol. The number of aromatic hydroxyl groups is 3. The number of piperazine rings is 1. The molecule has 2 saturated heterocycles. The van der Waals surface area contributed by atoms with Crippen LogP contribution in [-0.2, 0) is 16.1 Å². The van der Waals surface area contributed by atoms with Crippen molar-refractivity contribution in [2.45, 2.75) is 32.4 Å². The number of ether oxygens (including phenoxy) is 2. The van der Waals surface area contributed by atoms with Crippen LogP contribution in [0.3, 0.4) is 0 Å². The Morgan fingerprint density at radius 2 is 1.68 bits per heavy atom. The zero-order valence-electron chi connectivity index (χ0n) is 38.9. The van der Waals surface area contributed by atoms with Crippen LogP contribution in [0.4, 0.5) is 15.4 Å². The summed E-state index contributed by atoms with van der Waals surface area (Å²) in [5, 5.41) is 45.9. The van der Waals surface area contributed by atoms with Crippen molar-refractivity contribution < 1.29 is 43.6 Å². The molecule has 3 aromatic carbocycles. The lowest BCUT2D eigenvalue weighted by atomic mass is 9.98. The van der Waals surface area contributed by atoms with E-state index in [9.17, 15) is 29.7 Å².